The van der Waals surface area contributed by atoms with Gasteiger partial charge in [-0.3, -0.25) is 9.59 Å². The molecule has 7 heteroatoms. The van der Waals surface area contributed by atoms with E-state index in [1.807, 2.05) is 24.3 Å². The number of carbonyl (C=O) groups excluding carboxylic acids is 2. The maximum Gasteiger partial charge on any atom is 0.228 e. The van der Waals surface area contributed by atoms with Gasteiger partial charge in [-0.1, -0.05) is 57.5 Å². The summed E-state index contributed by atoms with van der Waals surface area (Å²) in [5, 5.41) is 8.13. The second-order valence-corrected chi connectivity index (χ2v) is 6.99. The largest absolute Gasteiger partial charge is 0.483 e. The van der Waals surface area contributed by atoms with Crippen LogP contribution < -0.4 is 0 Å². The molecule has 0 unspecified atom stereocenters. The van der Waals surface area contributed by atoms with E-state index in [9.17, 15) is 9.59 Å². The molecule has 1 heterocycles. The molecule has 0 saturated heterocycles. The van der Waals surface area contributed by atoms with Gasteiger partial charge in [0.1, 0.15) is 12.3 Å². The predicted molar refractivity (Wildman–Crippen MR) is 101 cm³/mol. The van der Waals surface area contributed by atoms with Gasteiger partial charge in [-0.25, -0.2) is 4.68 Å². The second kappa shape index (κ2) is 7.28. The van der Waals surface area contributed by atoms with Gasteiger partial charge in [-0.05, 0) is 17.7 Å². The fraction of sp³-hybridized carbons (Fsp3) is 0.100. The summed E-state index contributed by atoms with van der Waals surface area (Å²) >= 11 is 3.40. The lowest BCUT2D eigenvalue weighted by Gasteiger charge is -2.14. The minimum Gasteiger partial charge on any atom is -0.483 e. The normalized spacial score (nSPS) is 13.3. The number of ether oxygens (including phenoxy) is 1. The van der Waals surface area contributed by atoms with Crippen LogP contribution in [0.3, 0.4) is 0 Å². The second-order valence-electron chi connectivity index (χ2n) is 6.07. The molecule has 1 aliphatic carbocycles. The number of hydrogen-bond donors (Lipinski definition) is 0. The van der Waals surface area contributed by atoms with Crippen molar-refractivity contribution in [2.75, 3.05) is 0 Å². The van der Waals surface area contributed by atoms with Crippen LogP contribution in [0.2, 0.25) is 0 Å². The Balaban J connectivity index is 1.42. The fourth-order valence-electron chi connectivity index (χ4n) is 2.81. The monoisotopic (exact) mass is 423 g/mol. The summed E-state index contributed by atoms with van der Waals surface area (Å²) in [7, 11) is 0. The van der Waals surface area contributed by atoms with Crippen LogP contribution in [-0.2, 0) is 17.9 Å². The van der Waals surface area contributed by atoms with Crippen LogP contribution in [0.5, 0.6) is 0 Å². The Morgan fingerprint density at radius 3 is 2.52 bits per heavy atom. The number of carbonyl (C=O) groups is 2. The van der Waals surface area contributed by atoms with Gasteiger partial charge in [-0.15, -0.1) is 5.10 Å². The van der Waals surface area contributed by atoms with Gasteiger partial charge in [0.25, 0.3) is 0 Å². The molecule has 27 heavy (non-hydrogen) atoms. The summed E-state index contributed by atoms with van der Waals surface area (Å²) in [5.41, 5.74) is 2.42. The summed E-state index contributed by atoms with van der Waals surface area (Å²) in [5.74, 6) is -0.507. The van der Waals surface area contributed by atoms with E-state index in [2.05, 4.69) is 26.2 Å². The zero-order chi connectivity index (χ0) is 18.8. The molecule has 4 rings (SSSR count). The Hall–Kier alpha value is -3.06. The summed E-state index contributed by atoms with van der Waals surface area (Å²) < 4.78 is 8.26. The topological polar surface area (TPSA) is 74.1 Å². The van der Waals surface area contributed by atoms with Crippen LogP contribution in [0.15, 0.2) is 71.0 Å². The van der Waals surface area contributed by atoms with Crippen molar-refractivity contribution in [3.05, 3.63) is 93.4 Å². The average molecular weight is 424 g/mol. The number of Topliss-reactive ketones (excluding diaryl/α,β-unsaturated/α-hetero) is 1. The molecule has 3 aromatic rings. The number of hydrogen-bond acceptors (Lipinski definition) is 5. The van der Waals surface area contributed by atoms with E-state index >= 15 is 0 Å². The SMILES string of the molecule is O=C1C=C(OCc2cn(Cc3ccc(Br)cc3)nn2)C(=O)c2ccccc21. The van der Waals surface area contributed by atoms with Gasteiger partial charge in [0, 0.05) is 21.7 Å². The number of aromatic nitrogens is 3. The number of halogens is 1. The van der Waals surface area contributed by atoms with Crippen molar-refractivity contribution in [1.29, 1.82) is 0 Å². The van der Waals surface area contributed by atoms with Crippen LogP contribution in [0.1, 0.15) is 32.0 Å². The van der Waals surface area contributed by atoms with E-state index in [4.69, 9.17) is 4.74 Å². The molecule has 0 saturated carbocycles. The molecular weight excluding hydrogens is 410 g/mol. The number of nitrogens with zero attached hydrogens (tertiary/aromatic N) is 3. The highest BCUT2D eigenvalue weighted by Gasteiger charge is 2.26. The van der Waals surface area contributed by atoms with Crippen LogP contribution >= 0.6 is 15.9 Å². The van der Waals surface area contributed by atoms with E-state index in [-0.39, 0.29) is 23.9 Å². The summed E-state index contributed by atoms with van der Waals surface area (Å²) in [6.45, 7) is 0.640. The first-order chi connectivity index (χ1) is 13.1. The molecule has 0 fully saturated rings. The highest BCUT2D eigenvalue weighted by molar-refractivity contribution is 9.10. The number of fused-ring (bicyclic) bond motifs is 1. The molecule has 1 aliphatic rings. The Bertz CT molecular complexity index is 1050. The Kier molecular flexibility index (Phi) is 4.68. The van der Waals surface area contributed by atoms with Crippen molar-refractivity contribution >= 4 is 27.5 Å². The lowest BCUT2D eigenvalue weighted by molar-refractivity contribution is 0.0867. The van der Waals surface area contributed by atoms with Crippen LogP contribution in [0.25, 0.3) is 0 Å². The van der Waals surface area contributed by atoms with Gasteiger partial charge in [0.05, 0.1) is 12.7 Å². The first-order valence-electron chi connectivity index (χ1n) is 8.26. The van der Waals surface area contributed by atoms with Crippen molar-refractivity contribution in [3.8, 4) is 0 Å². The maximum absolute atomic E-state index is 12.5. The van der Waals surface area contributed by atoms with Crippen molar-refractivity contribution in [2.24, 2.45) is 0 Å². The van der Waals surface area contributed by atoms with Gasteiger partial charge in [0.15, 0.2) is 11.5 Å². The van der Waals surface area contributed by atoms with Crippen molar-refractivity contribution < 1.29 is 14.3 Å². The molecule has 0 amide bonds. The number of benzene rings is 2. The van der Waals surface area contributed by atoms with Crippen molar-refractivity contribution in [1.82, 2.24) is 15.0 Å². The molecular formula is C20H14BrN3O3. The smallest absolute Gasteiger partial charge is 0.228 e. The Labute approximate surface area is 163 Å². The molecule has 0 atom stereocenters. The third kappa shape index (κ3) is 3.73. The van der Waals surface area contributed by atoms with Crippen molar-refractivity contribution in [3.63, 3.8) is 0 Å². The molecule has 0 aliphatic heterocycles. The quantitative estimate of drug-likeness (QED) is 0.626. The fourth-order valence-corrected chi connectivity index (χ4v) is 3.07. The van der Waals surface area contributed by atoms with Crippen LogP contribution in [-0.4, -0.2) is 26.6 Å². The van der Waals surface area contributed by atoms with Gasteiger partial charge in [-0.2, -0.15) is 0 Å². The first kappa shape index (κ1) is 17.4. The van der Waals surface area contributed by atoms with E-state index in [1.165, 1.54) is 6.08 Å². The third-order valence-corrected chi connectivity index (χ3v) is 4.67. The zero-order valence-corrected chi connectivity index (χ0v) is 15.7. The molecule has 6 nitrogen and oxygen atoms in total. The van der Waals surface area contributed by atoms with E-state index in [1.54, 1.807) is 35.1 Å². The average Bonchev–Trinajstić information content (AvgIpc) is 3.13. The Morgan fingerprint density at radius 1 is 1.00 bits per heavy atom. The minimum atomic E-state index is -0.299. The molecule has 0 N–H and O–H groups in total. The van der Waals surface area contributed by atoms with Gasteiger partial charge in [0.2, 0.25) is 5.78 Å². The van der Waals surface area contributed by atoms with E-state index < -0.39 is 0 Å². The maximum atomic E-state index is 12.5. The summed E-state index contributed by atoms with van der Waals surface area (Å²) in [6.07, 6.45) is 2.99. The van der Waals surface area contributed by atoms with E-state index in [0.29, 0.717) is 23.4 Å². The number of allylic oxidation sites excluding steroid dienone is 2. The third-order valence-electron chi connectivity index (χ3n) is 4.14. The number of rotatable bonds is 5. The predicted octanol–water partition coefficient (Wildman–Crippen LogP) is 3.57. The lowest BCUT2D eigenvalue weighted by atomic mass is 9.94. The highest BCUT2D eigenvalue weighted by Crippen LogP contribution is 2.22. The van der Waals surface area contributed by atoms with Gasteiger partial charge >= 0.3 is 0 Å². The molecule has 2 aromatic carbocycles. The highest BCUT2D eigenvalue weighted by atomic mass is 79.9. The lowest BCUT2D eigenvalue weighted by Crippen LogP contribution is -2.18. The Morgan fingerprint density at radius 2 is 1.74 bits per heavy atom. The molecule has 0 radical (unpaired) electrons. The van der Waals surface area contributed by atoms with Gasteiger partial charge < -0.3 is 4.74 Å². The number of ketones is 2. The molecule has 1 aromatic heterocycles. The van der Waals surface area contributed by atoms with E-state index in [0.717, 1.165) is 10.0 Å². The molecule has 0 bridgehead atoms. The molecule has 0 spiro atoms. The standard InChI is InChI=1S/C20H14BrN3O3/c21-14-7-5-13(6-8-14)10-24-11-15(22-23-24)12-27-19-9-18(25)16-3-1-2-4-17(16)20(19)26/h1-9,11H,10,12H2. The van der Waals surface area contributed by atoms with Crippen molar-refractivity contribution in [2.45, 2.75) is 13.2 Å². The summed E-state index contributed by atoms with van der Waals surface area (Å²) in [6, 6.07) is 14.6. The van der Waals surface area contributed by atoms with Crippen LogP contribution in [0.4, 0.5) is 0 Å². The molecule has 134 valence electrons. The summed E-state index contributed by atoms with van der Waals surface area (Å²) in [4.78, 5) is 24.6. The van der Waals surface area contributed by atoms with Crippen LogP contribution in [0, 0.1) is 0 Å². The zero-order valence-electron chi connectivity index (χ0n) is 14.1. The minimum absolute atomic E-state index is 0.0289. The first-order valence-corrected chi connectivity index (χ1v) is 9.05.